The lowest BCUT2D eigenvalue weighted by Gasteiger charge is -2.13. The van der Waals surface area contributed by atoms with Gasteiger partial charge in [-0.3, -0.25) is 25.8 Å². The van der Waals surface area contributed by atoms with Crippen molar-refractivity contribution in [1.29, 1.82) is 0 Å². The molecule has 2 aromatic carbocycles. The molecule has 28 heavy (non-hydrogen) atoms. The maximum atomic E-state index is 12.3. The molecule has 2 rings (SSSR count). The zero-order chi connectivity index (χ0) is 20.5. The third-order valence-corrected chi connectivity index (χ3v) is 4.17. The summed E-state index contributed by atoms with van der Waals surface area (Å²) in [6.07, 6.45) is 0. The number of hydrazine groups is 1. The highest BCUT2D eigenvalue weighted by atomic mass is 79.9. The van der Waals surface area contributed by atoms with E-state index in [1.54, 1.807) is 30.3 Å². The van der Waals surface area contributed by atoms with Gasteiger partial charge in [-0.2, -0.15) is 0 Å². The lowest BCUT2D eigenvalue weighted by molar-refractivity contribution is -0.123. The van der Waals surface area contributed by atoms with E-state index >= 15 is 0 Å². The number of nitrogens with one attached hydrogen (secondary N) is 3. The van der Waals surface area contributed by atoms with Crippen LogP contribution in [0.15, 0.2) is 46.9 Å². The molecule has 148 valence electrons. The number of aryl methyl sites for hydroxylation is 1. The summed E-state index contributed by atoms with van der Waals surface area (Å²) in [6, 6.07) is 12.3. The maximum absolute atomic E-state index is 12.3. The second-order valence-electron chi connectivity index (χ2n) is 5.58. The molecule has 0 radical (unpaired) electrons. The van der Waals surface area contributed by atoms with E-state index in [1.807, 2.05) is 26.0 Å². The highest BCUT2D eigenvalue weighted by molar-refractivity contribution is 9.10. The van der Waals surface area contributed by atoms with Gasteiger partial charge in [0.15, 0.2) is 11.7 Å². The van der Waals surface area contributed by atoms with Crippen molar-refractivity contribution in [3.63, 3.8) is 0 Å². The van der Waals surface area contributed by atoms with Crippen LogP contribution in [-0.4, -0.2) is 30.1 Å². The summed E-state index contributed by atoms with van der Waals surface area (Å²) in [6.45, 7) is 3.93. The molecule has 0 atom stereocenters. The molecule has 0 saturated carbocycles. The Balaban J connectivity index is 1.80. The van der Waals surface area contributed by atoms with Gasteiger partial charge in [0.2, 0.25) is 0 Å². The van der Waals surface area contributed by atoms with E-state index in [0.29, 0.717) is 23.7 Å². The summed E-state index contributed by atoms with van der Waals surface area (Å²) < 4.78 is 11.8. The minimum absolute atomic E-state index is 0.0514. The van der Waals surface area contributed by atoms with E-state index in [1.165, 1.54) is 0 Å². The standard InChI is InChI=1S/C19H20BrN3O4S/c1-3-26-16-7-5-4-6-14(16)18(25)21-19(28)23-22-17(24)11-27-15-9-8-13(20)10-12(15)2/h4-10H,3,11H2,1-2H3,(H,22,24)(H2,21,23,25,28). The molecule has 3 N–H and O–H groups in total. The quantitative estimate of drug-likeness (QED) is 0.448. The monoisotopic (exact) mass is 465 g/mol. The van der Waals surface area contributed by atoms with Crippen molar-refractivity contribution in [3.8, 4) is 11.5 Å². The highest BCUT2D eigenvalue weighted by Gasteiger charge is 2.13. The van der Waals surface area contributed by atoms with Gasteiger partial charge in [-0.1, -0.05) is 28.1 Å². The van der Waals surface area contributed by atoms with Crippen molar-refractivity contribution in [1.82, 2.24) is 16.2 Å². The van der Waals surface area contributed by atoms with Gasteiger partial charge in [-0.05, 0) is 62.0 Å². The molecule has 9 heteroatoms. The Bertz CT molecular complexity index is 876. The smallest absolute Gasteiger partial charge is 0.276 e. The van der Waals surface area contributed by atoms with Crippen LogP contribution in [0.5, 0.6) is 11.5 Å². The second kappa shape index (κ2) is 10.6. The van der Waals surface area contributed by atoms with Gasteiger partial charge < -0.3 is 9.47 Å². The number of hydrogen-bond acceptors (Lipinski definition) is 5. The Kier molecular flexibility index (Phi) is 8.21. The van der Waals surface area contributed by atoms with Gasteiger partial charge in [0, 0.05) is 4.47 Å². The molecule has 0 heterocycles. The van der Waals surface area contributed by atoms with Gasteiger partial charge in [0.1, 0.15) is 11.5 Å². The summed E-state index contributed by atoms with van der Waals surface area (Å²) in [5, 5.41) is 2.43. The molecule has 0 aromatic heterocycles. The number of para-hydroxylation sites is 1. The van der Waals surface area contributed by atoms with Crippen LogP contribution in [0.1, 0.15) is 22.8 Å². The topological polar surface area (TPSA) is 88.7 Å². The molecular formula is C19H20BrN3O4S. The number of hydrogen-bond donors (Lipinski definition) is 3. The van der Waals surface area contributed by atoms with Gasteiger partial charge in [-0.25, -0.2) is 0 Å². The summed E-state index contributed by atoms with van der Waals surface area (Å²) >= 11 is 8.39. The normalized spacial score (nSPS) is 9.96. The van der Waals surface area contributed by atoms with Crippen molar-refractivity contribution in [2.45, 2.75) is 13.8 Å². The maximum Gasteiger partial charge on any atom is 0.276 e. The van der Waals surface area contributed by atoms with Crippen LogP contribution >= 0.6 is 28.1 Å². The minimum atomic E-state index is -0.450. The number of thiocarbonyl (C=S) groups is 1. The van der Waals surface area contributed by atoms with E-state index in [2.05, 4.69) is 32.1 Å². The first-order valence-electron chi connectivity index (χ1n) is 8.41. The van der Waals surface area contributed by atoms with Gasteiger partial charge in [0.05, 0.1) is 12.2 Å². The SMILES string of the molecule is CCOc1ccccc1C(=O)NC(=S)NNC(=O)COc1ccc(Br)cc1C. The molecule has 0 fully saturated rings. The Morgan fingerprint density at radius 3 is 2.54 bits per heavy atom. The lowest BCUT2D eigenvalue weighted by atomic mass is 10.2. The van der Waals surface area contributed by atoms with Crippen molar-refractivity contribution < 1.29 is 19.1 Å². The van der Waals surface area contributed by atoms with Crippen molar-refractivity contribution in [2.75, 3.05) is 13.2 Å². The molecule has 2 aromatic rings. The Morgan fingerprint density at radius 1 is 1.07 bits per heavy atom. The zero-order valence-electron chi connectivity index (χ0n) is 15.4. The van der Waals surface area contributed by atoms with E-state index in [0.717, 1.165) is 10.0 Å². The van der Waals surface area contributed by atoms with E-state index in [4.69, 9.17) is 21.7 Å². The first kappa shape index (κ1) is 21.6. The van der Waals surface area contributed by atoms with E-state index in [-0.39, 0.29) is 11.7 Å². The fraction of sp³-hybridized carbons (Fsp3) is 0.211. The summed E-state index contributed by atoms with van der Waals surface area (Å²) in [5.41, 5.74) is 6.07. The van der Waals surface area contributed by atoms with E-state index in [9.17, 15) is 9.59 Å². The van der Waals surface area contributed by atoms with Gasteiger partial charge in [-0.15, -0.1) is 0 Å². The molecule has 0 aliphatic carbocycles. The number of amides is 2. The number of carbonyl (C=O) groups excluding carboxylic acids is 2. The van der Waals surface area contributed by atoms with Crippen LogP contribution in [0, 0.1) is 6.92 Å². The Hall–Kier alpha value is -2.65. The van der Waals surface area contributed by atoms with Crippen LogP contribution in [0.2, 0.25) is 0 Å². The van der Waals surface area contributed by atoms with Crippen LogP contribution in [-0.2, 0) is 4.79 Å². The molecule has 0 aliphatic rings. The molecule has 0 aliphatic heterocycles. The molecule has 0 saturated heterocycles. The predicted molar refractivity (Wildman–Crippen MR) is 113 cm³/mol. The first-order chi connectivity index (χ1) is 13.4. The Morgan fingerprint density at radius 2 is 1.82 bits per heavy atom. The molecule has 0 unspecified atom stereocenters. The second-order valence-corrected chi connectivity index (χ2v) is 6.91. The third-order valence-electron chi connectivity index (χ3n) is 3.47. The fourth-order valence-electron chi connectivity index (χ4n) is 2.22. The number of ether oxygens (including phenoxy) is 2. The average molecular weight is 466 g/mol. The number of carbonyl (C=O) groups is 2. The predicted octanol–water partition coefficient (Wildman–Crippen LogP) is 2.87. The lowest BCUT2D eigenvalue weighted by Crippen LogP contribution is -2.49. The van der Waals surface area contributed by atoms with Gasteiger partial charge >= 0.3 is 0 Å². The average Bonchev–Trinajstić information content (AvgIpc) is 2.66. The molecule has 2 amide bonds. The van der Waals surface area contributed by atoms with Crippen LogP contribution < -0.4 is 25.6 Å². The molecule has 0 bridgehead atoms. The highest BCUT2D eigenvalue weighted by Crippen LogP contribution is 2.22. The van der Waals surface area contributed by atoms with Gasteiger partial charge in [0.25, 0.3) is 11.8 Å². The van der Waals surface area contributed by atoms with Crippen molar-refractivity contribution in [3.05, 3.63) is 58.1 Å². The third kappa shape index (κ3) is 6.50. The minimum Gasteiger partial charge on any atom is -0.493 e. The largest absolute Gasteiger partial charge is 0.493 e. The Labute approximate surface area is 176 Å². The van der Waals surface area contributed by atoms with Crippen molar-refractivity contribution in [2.24, 2.45) is 0 Å². The number of rotatable bonds is 6. The van der Waals surface area contributed by atoms with Crippen molar-refractivity contribution >= 4 is 45.1 Å². The zero-order valence-corrected chi connectivity index (χ0v) is 17.8. The molecule has 0 spiro atoms. The van der Waals surface area contributed by atoms with Crippen LogP contribution in [0.25, 0.3) is 0 Å². The molecule has 7 nitrogen and oxygen atoms in total. The summed E-state index contributed by atoms with van der Waals surface area (Å²) in [4.78, 5) is 24.2. The fourth-order valence-corrected chi connectivity index (χ4v) is 2.84. The number of halogens is 1. The summed E-state index contributed by atoms with van der Waals surface area (Å²) in [5.74, 6) is 0.153. The summed E-state index contributed by atoms with van der Waals surface area (Å²) in [7, 11) is 0. The van der Waals surface area contributed by atoms with Crippen LogP contribution in [0.3, 0.4) is 0 Å². The first-order valence-corrected chi connectivity index (χ1v) is 9.61. The van der Waals surface area contributed by atoms with Crippen LogP contribution in [0.4, 0.5) is 0 Å². The molecular weight excluding hydrogens is 446 g/mol. The number of benzene rings is 2. The van der Waals surface area contributed by atoms with E-state index < -0.39 is 11.8 Å².